The number of urea groups is 1. The summed E-state index contributed by atoms with van der Waals surface area (Å²) in [5.41, 5.74) is 8.36. The number of unbranched alkanes of at least 4 members (excludes halogenated alkanes) is 2. The van der Waals surface area contributed by atoms with E-state index in [9.17, 15) is 14.7 Å². The van der Waals surface area contributed by atoms with Crippen LogP contribution in [-0.2, 0) is 11.2 Å². The molecule has 0 aliphatic heterocycles. The fraction of sp³-hybridized carbons (Fsp3) is 0.593. The monoisotopic (exact) mass is 517 g/mol. The van der Waals surface area contributed by atoms with Crippen LogP contribution in [0.15, 0.2) is 18.3 Å². The Hall–Kier alpha value is -3.27. The van der Waals surface area contributed by atoms with Gasteiger partial charge in [0.25, 0.3) is 0 Å². The summed E-state index contributed by atoms with van der Waals surface area (Å²) in [6, 6.07) is 2.52. The van der Waals surface area contributed by atoms with Crippen molar-refractivity contribution in [2.75, 3.05) is 45.3 Å². The van der Waals surface area contributed by atoms with Crippen molar-refractivity contribution in [3.05, 3.63) is 23.9 Å². The van der Waals surface area contributed by atoms with E-state index >= 15 is 0 Å². The van der Waals surface area contributed by atoms with Crippen LogP contribution >= 0.6 is 0 Å². The lowest BCUT2D eigenvalue weighted by Gasteiger charge is -2.24. The minimum Gasteiger partial charge on any atom is -0.493 e. The van der Waals surface area contributed by atoms with Gasteiger partial charge in [0.15, 0.2) is 11.5 Å². The van der Waals surface area contributed by atoms with Crippen LogP contribution in [-0.4, -0.2) is 68.5 Å². The van der Waals surface area contributed by atoms with Crippen molar-refractivity contribution in [2.45, 2.75) is 64.8 Å². The van der Waals surface area contributed by atoms with Crippen LogP contribution in [0.4, 0.5) is 10.5 Å². The van der Waals surface area contributed by atoms with E-state index in [1.54, 1.807) is 7.11 Å². The van der Waals surface area contributed by atoms with Crippen LogP contribution in [0.25, 0.3) is 10.9 Å². The molecular formula is C27H43N5O5. The molecule has 2 aromatic rings. The van der Waals surface area contributed by atoms with Gasteiger partial charge in [0.05, 0.1) is 30.3 Å². The summed E-state index contributed by atoms with van der Waals surface area (Å²) >= 11 is 0. The van der Waals surface area contributed by atoms with E-state index in [1.165, 1.54) is 0 Å². The Labute approximate surface area is 219 Å². The quantitative estimate of drug-likeness (QED) is 0.233. The summed E-state index contributed by atoms with van der Waals surface area (Å²) < 4.78 is 12.0. The van der Waals surface area contributed by atoms with Crippen molar-refractivity contribution in [1.29, 1.82) is 0 Å². The zero-order valence-corrected chi connectivity index (χ0v) is 22.6. The van der Waals surface area contributed by atoms with E-state index in [4.69, 9.17) is 20.2 Å². The van der Waals surface area contributed by atoms with E-state index < -0.39 is 18.0 Å². The van der Waals surface area contributed by atoms with E-state index in [0.717, 1.165) is 53.6 Å². The number of aromatic nitrogens is 1. The number of aryl methyl sites for hydroxylation is 1. The first kappa shape index (κ1) is 30.0. The number of carbonyl (C=O) groups is 2. The number of nitrogens with one attached hydrogen (secondary N) is 2. The summed E-state index contributed by atoms with van der Waals surface area (Å²) in [4.78, 5) is 30.3. The molecule has 0 fully saturated rings. The lowest BCUT2D eigenvalue weighted by Crippen LogP contribution is -2.46. The van der Waals surface area contributed by atoms with E-state index in [1.807, 2.05) is 25.4 Å². The van der Waals surface area contributed by atoms with Crippen molar-refractivity contribution >= 4 is 28.6 Å². The number of benzene rings is 1. The molecule has 37 heavy (non-hydrogen) atoms. The molecule has 0 radical (unpaired) electrons. The molecule has 2 amide bonds. The molecule has 0 spiro atoms. The lowest BCUT2D eigenvalue weighted by atomic mass is 10.0. The smallest absolute Gasteiger partial charge is 0.326 e. The van der Waals surface area contributed by atoms with Gasteiger partial charge in [-0.25, -0.2) is 9.59 Å². The number of nitrogens with two attached hydrogens (primary N) is 1. The number of pyridine rings is 1. The van der Waals surface area contributed by atoms with Crippen molar-refractivity contribution in [1.82, 2.24) is 15.6 Å². The minimum atomic E-state index is -1.07. The van der Waals surface area contributed by atoms with Crippen LogP contribution in [0.2, 0.25) is 0 Å². The van der Waals surface area contributed by atoms with Crippen LogP contribution in [0.5, 0.6) is 11.5 Å². The second kappa shape index (κ2) is 15.8. The molecule has 1 heterocycles. The standard InChI is InChI=1S/C27H43N5O5/c1-5-7-8-17-37-25-22(36-4)18-21(24-23(25)19(6-2)12-15-29-24)32(3)16-10-14-30-27(35)31-20(26(33)34)11-9-13-28/h12,15,18,20H,5-11,13-14,16-17,28H2,1-4H3,(H,33,34)(H2,30,31,35)/t20-/m1/s1. The highest BCUT2D eigenvalue weighted by atomic mass is 16.5. The molecule has 0 unspecified atom stereocenters. The fourth-order valence-corrected chi connectivity index (χ4v) is 4.16. The summed E-state index contributed by atoms with van der Waals surface area (Å²) in [5.74, 6) is 0.334. The summed E-state index contributed by atoms with van der Waals surface area (Å²) in [6.07, 6.45) is 7.33. The first-order valence-electron chi connectivity index (χ1n) is 13.2. The highest BCUT2D eigenvalue weighted by molar-refractivity contribution is 5.99. The number of amides is 2. The molecule has 0 aliphatic rings. The van der Waals surface area contributed by atoms with Crippen LogP contribution in [0, 0.1) is 0 Å². The van der Waals surface area contributed by atoms with Crippen LogP contribution < -0.4 is 30.7 Å². The van der Waals surface area contributed by atoms with Crippen molar-refractivity contribution in [3.8, 4) is 11.5 Å². The van der Waals surface area contributed by atoms with Gasteiger partial charge in [-0.3, -0.25) is 4.98 Å². The number of carbonyl (C=O) groups excluding carboxylic acids is 1. The number of hydrogen-bond acceptors (Lipinski definition) is 7. The number of ether oxygens (including phenoxy) is 2. The van der Waals surface area contributed by atoms with Gasteiger partial charge < -0.3 is 35.8 Å². The van der Waals surface area contributed by atoms with Crippen LogP contribution in [0.3, 0.4) is 0 Å². The number of rotatable bonds is 17. The fourth-order valence-electron chi connectivity index (χ4n) is 4.16. The van der Waals surface area contributed by atoms with Gasteiger partial charge in [-0.15, -0.1) is 0 Å². The maximum atomic E-state index is 12.2. The van der Waals surface area contributed by atoms with Gasteiger partial charge in [0.2, 0.25) is 0 Å². The Morgan fingerprint density at radius 1 is 1.22 bits per heavy atom. The Morgan fingerprint density at radius 2 is 2.00 bits per heavy atom. The molecular weight excluding hydrogens is 474 g/mol. The van der Waals surface area contributed by atoms with E-state index in [0.29, 0.717) is 51.3 Å². The number of aliphatic carboxylic acids is 1. The molecule has 5 N–H and O–H groups in total. The molecule has 1 atom stereocenters. The highest BCUT2D eigenvalue weighted by Gasteiger charge is 2.21. The van der Waals surface area contributed by atoms with Crippen molar-refractivity contribution < 1.29 is 24.2 Å². The summed E-state index contributed by atoms with van der Waals surface area (Å²) in [6.45, 7) is 6.30. The van der Waals surface area contributed by atoms with E-state index in [2.05, 4.69) is 29.4 Å². The Balaban J connectivity index is 2.11. The Bertz CT molecular complexity index is 1020. The zero-order valence-electron chi connectivity index (χ0n) is 22.6. The molecule has 0 saturated heterocycles. The number of methoxy groups -OCH3 is 1. The predicted octanol–water partition coefficient (Wildman–Crippen LogP) is 3.69. The molecule has 10 nitrogen and oxygen atoms in total. The number of fused-ring (bicyclic) bond motifs is 1. The number of carboxylic acid groups (broad SMARTS) is 1. The average Bonchev–Trinajstić information content (AvgIpc) is 2.90. The molecule has 1 aromatic carbocycles. The predicted molar refractivity (Wildman–Crippen MR) is 147 cm³/mol. The van der Waals surface area contributed by atoms with Gasteiger partial charge in [0.1, 0.15) is 6.04 Å². The molecule has 2 rings (SSSR count). The normalized spacial score (nSPS) is 11.7. The number of hydrogen-bond donors (Lipinski definition) is 4. The van der Waals surface area contributed by atoms with Crippen molar-refractivity contribution in [3.63, 3.8) is 0 Å². The van der Waals surface area contributed by atoms with Gasteiger partial charge in [-0.05, 0) is 50.3 Å². The first-order valence-corrected chi connectivity index (χ1v) is 13.2. The first-order chi connectivity index (χ1) is 17.9. The topological polar surface area (TPSA) is 139 Å². The summed E-state index contributed by atoms with van der Waals surface area (Å²) in [7, 11) is 3.62. The van der Waals surface area contributed by atoms with Gasteiger partial charge in [0, 0.05) is 32.4 Å². The maximum Gasteiger partial charge on any atom is 0.326 e. The molecule has 206 valence electrons. The largest absolute Gasteiger partial charge is 0.493 e. The number of carboxylic acids is 1. The Morgan fingerprint density at radius 3 is 2.65 bits per heavy atom. The van der Waals surface area contributed by atoms with Gasteiger partial charge in [-0.2, -0.15) is 0 Å². The molecule has 10 heteroatoms. The number of nitrogens with zero attached hydrogens (tertiary/aromatic N) is 2. The second-order valence-corrected chi connectivity index (χ2v) is 9.03. The second-order valence-electron chi connectivity index (χ2n) is 9.03. The average molecular weight is 518 g/mol. The third-order valence-electron chi connectivity index (χ3n) is 6.26. The van der Waals surface area contributed by atoms with Gasteiger partial charge in [-0.1, -0.05) is 26.7 Å². The van der Waals surface area contributed by atoms with Gasteiger partial charge >= 0.3 is 12.0 Å². The Kier molecular flexibility index (Phi) is 12.8. The molecule has 0 bridgehead atoms. The molecule has 1 aromatic heterocycles. The highest BCUT2D eigenvalue weighted by Crippen LogP contribution is 2.42. The molecule has 0 aliphatic carbocycles. The minimum absolute atomic E-state index is 0.294. The third-order valence-corrected chi connectivity index (χ3v) is 6.26. The zero-order chi connectivity index (χ0) is 27.2. The van der Waals surface area contributed by atoms with Crippen LogP contribution in [0.1, 0.15) is 57.9 Å². The number of anilines is 1. The summed E-state index contributed by atoms with van der Waals surface area (Å²) in [5, 5.41) is 15.5. The SMILES string of the molecule is CCCCCOc1c(OC)cc(N(C)CCCNC(=O)N[C@H](CCCN)C(=O)O)c2nccc(CC)c12. The third kappa shape index (κ3) is 8.66. The molecule has 0 saturated carbocycles. The van der Waals surface area contributed by atoms with E-state index in [-0.39, 0.29) is 0 Å². The van der Waals surface area contributed by atoms with Crippen molar-refractivity contribution in [2.24, 2.45) is 5.73 Å². The lowest BCUT2D eigenvalue weighted by molar-refractivity contribution is -0.139. The maximum absolute atomic E-state index is 12.2.